The van der Waals surface area contributed by atoms with E-state index in [-0.39, 0.29) is 11.1 Å². The maximum absolute atomic E-state index is 11.9. The molecule has 0 radical (unpaired) electrons. The van der Waals surface area contributed by atoms with E-state index < -0.39 is 0 Å². The highest BCUT2D eigenvalue weighted by atomic mass is 79.9. The van der Waals surface area contributed by atoms with Crippen LogP contribution in [0.15, 0.2) is 41.1 Å². The molecule has 6 heteroatoms. The van der Waals surface area contributed by atoms with Crippen molar-refractivity contribution < 1.29 is 4.79 Å². The number of carbonyl (C=O) groups excluding carboxylic acids is 1. The van der Waals surface area contributed by atoms with Gasteiger partial charge in [-0.1, -0.05) is 23.7 Å². The minimum Gasteiger partial charge on any atom is -0.305 e. The van der Waals surface area contributed by atoms with E-state index in [0.29, 0.717) is 11.4 Å². The van der Waals surface area contributed by atoms with Crippen LogP contribution in [0.4, 0.5) is 5.82 Å². The van der Waals surface area contributed by atoms with E-state index in [4.69, 9.17) is 11.6 Å². The van der Waals surface area contributed by atoms with Crippen LogP contribution in [-0.2, 0) is 0 Å². The summed E-state index contributed by atoms with van der Waals surface area (Å²) in [5.74, 6) is 0.101. The smallest absolute Gasteiger partial charge is 0.258 e. The number of anilines is 1. The van der Waals surface area contributed by atoms with E-state index >= 15 is 0 Å². The summed E-state index contributed by atoms with van der Waals surface area (Å²) in [7, 11) is 0. The van der Waals surface area contributed by atoms with E-state index in [2.05, 4.69) is 31.2 Å². The predicted molar refractivity (Wildman–Crippen MR) is 69.1 cm³/mol. The fourth-order valence-corrected chi connectivity index (χ4v) is 1.77. The minimum atomic E-state index is -0.255. The number of hydrogen-bond donors (Lipinski definition) is 1. The largest absolute Gasteiger partial charge is 0.305 e. The number of benzene rings is 1. The van der Waals surface area contributed by atoms with Crippen molar-refractivity contribution in [3.8, 4) is 0 Å². The lowest BCUT2D eigenvalue weighted by Gasteiger charge is -2.05. The molecule has 0 unspecified atom stereocenters. The third kappa shape index (κ3) is 3.01. The van der Waals surface area contributed by atoms with E-state index in [1.165, 1.54) is 12.4 Å². The molecule has 0 spiro atoms. The Hall–Kier alpha value is -1.46. The van der Waals surface area contributed by atoms with Gasteiger partial charge < -0.3 is 5.32 Å². The Morgan fingerprint density at radius 3 is 2.65 bits per heavy atom. The second kappa shape index (κ2) is 5.25. The Balaban J connectivity index is 2.17. The molecule has 0 aliphatic rings. The van der Waals surface area contributed by atoms with Crippen LogP contribution in [0.25, 0.3) is 0 Å². The molecule has 0 aliphatic carbocycles. The Labute approximate surface area is 111 Å². The van der Waals surface area contributed by atoms with Crippen molar-refractivity contribution in [2.45, 2.75) is 0 Å². The fourth-order valence-electron chi connectivity index (χ4n) is 1.21. The number of aromatic nitrogens is 2. The van der Waals surface area contributed by atoms with Crippen molar-refractivity contribution in [2.75, 3.05) is 5.32 Å². The first-order valence-electron chi connectivity index (χ1n) is 4.70. The molecular formula is C11H7BrClN3O. The van der Waals surface area contributed by atoms with Gasteiger partial charge in [-0.05, 0) is 28.1 Å². The summed E-state index contributed by atoms with van der Waals surface area (Å²) in [4.78, 5) is 19.6. The minimum absolute atomic E-state index is 0.255. The highest BCUT2D eigenvalue weighted by Crippen LogP contribution is 2.17. The lowest BCUT2D eigenvalue weighted by atomic mass is 10.2. The number of nitrogens with zero attached hydrogens (tertiary/aromatic N) is 2. The SMILES string of the molecule is O=C(Nc1cnc(Cl)cn1)c1ccccc1Br. The molecule has 1 heterocycles. The van der Waals surface area contributed by atoms with E-state index in [1.54, 1.807) is 18.2 Å². The number of hydrogen-bond acceptors (Lipinski definition) is 3. The normalized spacial score (nSPS) is 10.0. The first kappa shape index (κ1) is 12.0. The lowest BCUT2D eigenvalue weighted by Crippen LogP contribution is -2.13. The molecular weight excluding hydrogens is 305 g/mol. The highest BCUT2D eigenvalue weighted by molar-refractivity contribution is 9.10. The number of halogens is 2. The zero-order chi connectivity index (χ0) is 12.3. The van der Waals surface area contributed by atoms with Gasteiger partial charge >= 0.3 is 0 Å². The Morgan fingerprint density at radius 2 is 2.00 bits per heavy atom. The molecule has 0 bridgehead atoms. The van der Waals surface area contributed by atoms with Crippen LogP contribution in [0.1, 0.15) is 10.4 Å². The van der Waals surface area contributed by atoms with Crippen LogP contribution in [0.5, 0.6) is 0 Å². The maximum Gasteiger partial charge on any atom is 0.258 e. The van der Waals surface area contributed by atoms with Gasteiger partial charge in [-0.15, -0.1) is 0 Å². The van der Waals surface area contributed by atoms with Gasteiger partial charge in [0.05, 0.1) is 18.0 Å². The average Bonchev–Trinajstić information content (AvgIpc) is 2.32. The first-order valence-corrected chi connectivity index (χ1v) is 5.87. The Kier molecular flexibility index (Phi) is 3.71. The molecule has 2 rings (SSSR count). The lowest BCUT2D eigenvalue weighted by molar-refractivity contribution is 0.102. The van der Waals surface area contributed by atoms with Crippen molar-refractivity contribution in [2.24, 2.45) is 0 Å². The molecule has 1 N–H and O–H groups in total. The number of rotatable bonds is 2. The molecule has 86 valence electrons. The summed E-state index contributed by atoms with van der Waals surface area (Å²) in [6, 6.07) is 7.13. The van der Waals surface area contributed by atoms with Crippen molar-refractivity contribution in [3.05, 3.63) is 51.8 Å². The molecule has 17 heavy (non-hydrogen) atoms. The van der Waals surface area contributed by atoms with Gasteiger partial charge in [0, 0.05) is 4.47 Å². The molecule has 0 fully saturated rings. The summed E-state index contributed by atoms with van der Waals surface area (Å²) >= 11 is 8.90. The predicted octanol–water partition coefficient (Wildman–Crippen LogP) is 3.14. The molecule has 0 atom stereocenters. The van der Waals surface area contributed by atoms with Gasteiger partial charge in [0.1, 0.15) is 5.15 Å². The van der Waals surface area contributed by atoms with Crippen LogP contribution in [-0.4, -0.2) is 15.9 Å². The second-order valence-corrected chi connectivity index (χ2v) is 4.40. The number of carbonyl (C=O) groups is 1. The van der Waals surface area contributed by atoms with Gasteiger partial charge in [-0.3, -0.25) is 4.79 Å². The summed E-state index contributed by atoms with van der Waals surface area (Å²) in [5.41, 5.74) is 0.532. The van der Waals surface area contributed by atoms with Crippen molar-refractivity contribution >= 4 is 39.3 Å². The van der Waals surface area contributed by atoms with Gasteiger partial charge in [-0.25, -0.2) is 9.97 Å². The van der Waals surface area contributed by atoms with Gasteiger partial charge in [0.25, 0.3) is 5.91 Å². The fraction of sp³-hybridized carbons (Fsp3) is 0. The Morgan fingerprint density at radius 1 is 1.24 bits per heavy atom. The van der Waals surface area contributed by atoms with E-state index in [0.717, 1.165) is 4.47 Å². The van der Waals surface area contributed by atoms with E-state index in [1.807, 2.05) is 6.07 Å². The number of nitrogens with one attached hydrogen (secondary N) is 1. The van der Waals surface area contributed by atoms with Crippen LogP contribution < -0.4 is 5.32 Å². The van der Waals surface area contributed by atoms with Gasteiger partial charge in [0.15, 0.2) is 5.82 Å². The quantitative estimate of drug-likeness (QED) is 0.927. The van der Waals surface area contributed by atoms with Crippen LogP contribution in [0, 0.1) is 0 Å². The summed E-state index contributed by atoms with van der Waals surface area (Å²) in [6.07, 6.45) is 2.77. The van der Waals surface area contributed by atoms with Crippen LogP contribution in [0.3, 0.4) is 0 Å². The van der Waals surface area contributed by atoms with Crippen LogP contribution >= 0.6 is 27.5 Å². The third-order valence-corrected chi connectivity index (χ3v) is 2.87. The van der Waals surface area contributed by atoms with Gasteiger partial charge in [-0.2, -0.15) is 0 Å². The van der Waals surface area contributed by atoms with E-state index in [9.17, 15) is 4.79 Å². The maximum atomic E-state index is 11.9. The second-order valence-electron chi connectivity index (χ2n) is 3.16. The first-order chi connectivity index (χ1) is 8.16. The zero-order valence-corrected chi connectivity index (χ0v) is 10.9. The molecule has 0 saturated heterocycles. The van der Waals surface area contributed by atoms with Crippen molar-refractivity contribution in [3.63, 3.8) is 0 Å². The monoisotopic (exact) mass is 311 g/mol. The van der Waals surface area contributed by atoms with Gasteiger partial charge in [0.2, 0.25) is 0 Å². The van der Waals surface area contributed by atoms with Crippen molar-refractivity contribution in [1.29, 1.82) is 0 Å². The molecule has 0 aliphatic heterocycles. The van der Waals surface area contributed by atoms with Crippen molar-refractivity contribution in [1.82, 2.24) is 9.97 Å². The zero-order valence-electron chi connectivity index (χ0n) is 8.52. The molecule has 4 nitrogen and oxygen atoms in total. The standard InChI is InChI=1S/C11H7BrClN3O/c12-8-4-2-1-3-7(8)11(17)16-10-6-14-9(13)5-15-10/h1-6H,(H,15,16,17). The topological polar surface area (TPSA) is 54.9 Å². The number of amides is 1. The Bertz CT molecular complexity index is 545. The molecule has 0 saturated carbocycles. The average molecular weight is 313 g/mol. The summed E-state index contributed by atoms with van der Waals surface area (Å²) < 4.78 is 0.722. The summed E-state index contributed by atoms with van der Waals surface area (Å²) in [6.45, 7) is 0. The third-order valence-electron chi connectivity index (χ3n) is 1.98. The molecule has 1 aromatic heterocycles. The molecule has 1 amide bonds. The van der Waals surface area contributed by atoms with Crippen LogP contribution in [0.2, 0.25) is 5.15 Å². The summed E-state index contributed by atoms with van der Waals surface area (Å²) in [5, 5.41) is 2.91. The highest BCUT2D eigenvalue weighted by Gasteiger charge is 2.09. The molecule has 2 aromatic rings. The molecule has 1 aromatic carbocycles.